The molecule has 1 N–H and O–H groups in total. The Labute approximate surface area is 142 Å². The van der Waals surface area contributed by atoms with Crippen LogP contribution in [0.25, 0.3) is 0 Å². The molecule has 2 rings (SSSR count). The highest BCUT2D eigenvalue weighted by atomic mass is 16.5. The summed E-state index contributed by atoms with van der Waals surface area (Å²) in [6.07, 6.45) is 3.74. The topological polar surface area (TPSA) is 40.1 Å². The number of nitrogens with one attached hydrogen (secondary N) is 1. The molecule has 0 saturated carbocycles. The van der Waals surface area contributed by atoms with Gasteiger partial charge in [0.15, 0.2) is 5.96 Å². The third-order valence-corrected chi connectivity index (χ3v) is 5.01. The maximum atomic E-state index is 5.46. The first kappa shape index (κ1) is 18.5. The molecule has 0 radical (unpaired) electrons. The van der Waals surface area contributed by atoms with Crippen LogP contribution in [0.15, 0.2) is 4.99 Å². The predicted molar refractivity (Wildman–Crippen MR) is 96.9 cm³/mol. The third kappa shape index (κ3) is 6.30. The molecule has 0 aromatic heterocycles. The van der Waals surface area contributed by atoms with Gasteiger partial charge in [-0.05, 0) is 37.6 Å². The van der Waals surface area contributed by atoms with Crippen molar-refractivity contribution < 1.29 is 4.74 Å². The fourth-order valence-electron chi connectivity index (χ4n) is 4.06. The highest BCUT2D eigenvalue weighted by Crippen LogP contribution is 2.20. The van der Waals surface area contributed by atoms with Crippen LogP contribution in [-0.2, 0) is 4.74 Å². The fraction of sp³-hybridized carbons (Fsp3) is 0.944. The van der Waals surface area contributed by atoms with E-state index in [1.165, 1.54) is 38.9 Å². The Morgan fingerprint density at radius 2 is 2.04 bits per heavy atom. The molecule has 0 spiro atoms. The van der Waals surface area contributed by atoms with Gasteiger partial charge in [-0.1, -0.05) is 13.8 Å². The van der Waals surface area contributed by atoms with E-state index in [0.29, 0.717) is 5.92 Å². The molecule has 23 heavy (non-hydrogen) atoms. The summed E-state index contributed by atoms with van der Waals surface area (Å²) in [7, 11) is 4.00. The molecule has 0 amide bonds. The van der Waals surface area contributed by atoms with Crippen LogP contribution in [0.4, 0.5) is 0 Å². The van der Waals surface area contributed by atoms with Crippen LogP contribution in [-0.4, -0.2) is 75.8 Å². The van der Waals surface area contributed by atoms with E-state index in [9.17, 15) is 0 Å². The van der Waals surface area contributed by atoms with Crippen LogP contribution in [0.2, 0.25) is 0 Å². The number of hydrogen-bond acceptors (Lipinski definition) is 3. The first-order valence-electron chi connectivity index (χ1n) is 9.30. The molecule has 0 bridgehead atoms. The van der Waals surface area contributed by atoms with Gasteiger partial charge in [0.05, 0.1) is 6.61 Å². The molecule has 2 saturated heterocycles. The number of likely N-dealkylation sites (tertiary alicyclic amines) is 1. The van der Waals surface area contributed by atoms with Crippen LogP contribution in [0.1, 0.15) is 33.1 Å². The highest BCUT2D eigenvalue weighted by Gasteiger charge is 2.21. The van der Waals surface area contributed by atoms with Crippen LogP contribution < -0.4 is 5.32 Å². The molecule has 0 aliphatic carbocycles. The smallest absolute Gasteiger partial charge is 0.193 e. The van der Waals surface area contributed by atoms with Gasteiger partial charge in [0.1, 0.15) is 0 Å². The maximum absolute atomic E-state index is 5.46. The first-order chi connectivity index (χ1) is 11.1. The molecule has 2 aliphatic heterocycles. The number of nitrogens with zero attached hydrogens (tertiary/aromatic N) is 3. The molecule has 5 nitrogen and oxygen atoms in total. The number of aliphatic imine (C=N–C) groups is 1. The summed E-state index contributed by atoms with van der Waals surface area (Å²) >= 11 is 0. The maximum Gasteiger partial charge on any atom is 0.193 e. The molecule has 134 valence electrons. The van der Waals surface area contributed by atoms with Gasteiger partial charge in [-0.2, -0.15) is 0 Å². The van der Waals surface area contributed by atoms with Crippen molar-refractivity contribution in [1.29, 1.82) is 0 Å². The van der Waals surface area contributed by atoms with Gasteiger partial charge in [0.25, 0.3) is 0 Å². The van der Waals surface area contributed by atoms with Gasteiger partial charge in [-0.15, -0.1) is 0 Å². The van der Waals surface area contributed by atoms with Gasteiger partial charge in [0.2, 0.25) is 0 Å². The average molecular weight is 325 g/mol. The second-order valence-corrected chi connectivity index (χ2v) is 7.64. The molecule has 2 aliphatic rings. The van der Waals surface area contributed by atoms with Gasteiger partial charge in [0, 0.05) is 52.8 Å². The van der Waals surface area contributed by atoms with E-state index in [4.69, 9.17) is 4.74 Å². The van der Waals surface area contributed by atoms with Crippen LogP contribution in [0, 0.1) is 17.8 Å². The molecule has 3 atom stereocenters. The summed E-state index contributed by atoms with van der Waals surface area (Å²) in [6, 6.07) is 0. The molecule has 0 aromatic carbocycles. The molecule has 0 aromatic rings. The summed E-state index contributed by atoms with van der Waals surface area (Å²) in [5, 5.41) is 3.51. The summed E-state index contributed by atoms with van der Waals surface area (Å²) in [4.78, 5) is 9.28. The minimum absolute atomic E-state index is 0.648. The summed E-state index contributed by atoms with van der Waals surface area (Å²) in [5.74, 6) is 3.35. The molecule has 2 fully saturated rings. The van der Waals surface area contributed by atoms with Crippen molar-refractivity contribution in [3.05, 3.63) is 0 Å². The Hall–Kier alpha value is -0.810. The van der Waals surface area contributed by atoms with Crippen LogP contribution in [0.5, 0.6) is 0 Å². The SMILES string of the molecule is CN=C(NCCCN1CC(C)CC(C)C1)N(C)CC1CCOC1. The first-order valence-corrected chi connectivity index (χ1v) is 9.30. The van der Waals surface area contributed by atoms with Crippen molar-refractivity contribution in [3.8, 4) is 0 Å². The number of piperidine rings is 1. The monoisotopic (exact) mass is 324 g/mol. The molecular formula is C18H36N4O. The molecular weight excluding hydrogens is 288 g/mol. The lowest BCUT2D eigenvalue weighted by molar-refractivity contribution is 0.140. The zero-order valence-electron chi connectivity index (χ0n) is 15.6. The van der Waals surface area contributed by atoms with Gasteiger partial charge < -0.3 is 19.9 Å². The Morgan fingerprint density at radius 1 is 1.30 bits per heavy atom. The minimum atomic E-state index is 0.648. The van der Waals surface area contributed by atoms with E-state index < -0.39 is 0 Å². The van der Waals surface area contributed by atoms with Crippen molar-refractivity contribution in [2.75, 3.05) is 60.0 Å². The zero-order chi connectivity index (χ0) is 16.7. The standard InChI is InChI=1S/C18H36N4O/c1-15-10-16(2)12-22(11-15)8-5-7-20-18(19-3)21(4)13-17-6-9-23-14-17/h15-17H,5-14H2,1-4H3,(H,19,20). The average Bonchev–Trinajstić information content (AvgIpc) is 2.99. The van der Waals surface area contributed by atoms with E-state index in [1.807, 2.05) is 7.05 Å². The molecule has 3 unspecified atom stereocenters. The van der Waals surface area contributed by atoms with Crippen molar-refractivity contribution in [2.24, 2.45) is 22.7 Å². The lowest BCUT2D eigenvalue weighted by Crippen LogP contribution is -2.43. The van der Waals surface area contributed by atoms with E-state index >= 15 is 0 Å². The van der Waals surface area contributed by atoms with Gasteiger partial charge in [-0.3, -0.25) is 4.99 Å². The Balaban J connectivity index is 1.63. The Kier molecular flexibility index (Phi) is 7.63. The summed E-state index contributed by atoms with van der Waals surface area (Å²) < 4.78 is 5.46. The summed E-state index contributed by atoms with van der Waals surface area (Å²) in [6.45, 7) is 12.3. The van der Waals surface area contributed by atoms with E-state index in [1.54, 1.807) is 0 Å². The largest absolute Gasteiger partial charge is 0.381 e. The second kappa shape index (κ2) is 9.48. The normalized spacial score (nSPS) is 29.7. The lowest BCUT2D eigenvalue weighted by atomic mass is 9.92. The van der Waals surface area contributed by atoms with E-state index in [2.05, 4.69) is 41.0 Å². The summed E-state index contributed by atoms with van der Waals surface area (Å²) in [5.41, 5.74) is 0. The Morgan fingerprint density at radius 3 is 2.65 bits per heavy atom. The number of ether oxygens (including phenoxy) is 1. The highest BCUT2D eigenvalue weighted by molar-refractivity contribution is 5.79. The van der Waals surface area contributed by atoms with Crippen molar-refractivity contribution in [2.45, 2.75) is 33.1 Å². The molecule has 5 heteroatoms. The van der Waals surface area contributed by atoms with Crippen LogP contribution in [0.3, 0.4) is 0 Å². The van der Waals surface area contributed by atoms with Crippen molar-refractivity contribution in [1.82, 2.24) is 15.1 Å². The Bertz CT molecular complexity index is 358. The minimum Gasteiger partial charge on any atom is -0.381 e. The van der Waals surface area contributed by atoms with Crippen molar-refractivity contribution >= 4 is 5.96 Å². The second-order valence-electron chi connectivity index (χ2n) is 7.64. The van der Waals surface area contributed by atoms with Gasteiger partial charge in [-0.25, -0.2) is 0 Å². The quantitative estimate of drug-likeness (QED) is 0.460. The zero-order valence-corrected chi connectivity index (χ0v) is 15.6. The van der Waals surface area contributed by atoms with Crippen LogP contribution >= 0.6 is 0 Å². The van der Waals surface area contributed by atoms with Gasteiger partial charge >= 0.3 is 0 Å². The number of rotatable bonds is 6. The molecule has 2 heterocycles. The number of hydrogen-bond donors (Lipinski definition) is 1. The predicted octanol–water partition coefficient (Wildman–Crippen LogP) is 1.90. The third-order valence-electron chi connectivity index (χ3n) is 5.01. The lowest BCUT2D eigenvalue weighted by Gasteiger charge is -2.35. The van der Waals surface area contributed by atoms with E-state index in [-0.39, 0.29) is 0 Å². The fourth-order valence-corrected chi connectivity index (χ4v) is 4.06. The van der Waals surface area contributed by atoms with Crippen molar-refractivity contribution in [3.63, 3.8) is 0 Å². The number of guanidine groups is 1. The van der Waals surface area contributed by atoms with E-state index in [0.717, 1.165) is 44.1 Å².